The van der Waals surface area contributed by atoms with Gasteiger partial charge in [0.15, 0.2) is 23.3 Å². The average molecular weight is 382 g/mol. The highest BCUT2D eigenvalue weighted by molar-refractivity contribution is 5.92. The van der Waals surface area contributed by atoms with E-state index >= 15 is 0 Å². The Morgan fingerprint density at radius 1 is 0.929 bits per heavy atom. The number of hydrogen-bond acceptors (Lipinski definition) is 5. The molecule has 0 radical (unpaired) electrons. The van der Waals surface area contributed by atoms with E-state index in [9.17, 15) is 13.2 Å². The Morgan fingerprint density at radius 3 is 2.36 bits per heavy atom. The summed E-state index contributed by atoms with van der Waals surface area (Å²) in [6.45, 7) is 0. The van der Waals surface area contributed by atoms with Crippen molar-refractivity contribution >= 4 is 22.4 Å². The van der Waals surface area contributed by atoms with Gasteiger partial charge in [0.2, 0.25) is 5.88 Å². The van der Waals surface area contributed by atoms with Crippen molar-refractivity contribution in [2.45, 2.75) is 0 Å². The second-order valence-corrected chi connectivity index (χ2v) is 5.88. The minimum absolute atomic E-state index is 0.0260. The van der Waals surface area contributed by atoms with Crippen LogP contribution < -0.4 is 10.1 Å². The van der Waals surface area contributed by atoms with Crippen LogP contribution in [0, 0.1) is 17.5 Å². The van der Waals surface area contributed by atoms with Crippen molar-refractivity contribution in [1.82, 2.24) is 15.0 Å². The number of nitrogens with zero attached hydrogens (tertiary/aromatic N) is 3. The van der Waals surface area contributed by atoms with E-state index < -0.39 is 17.5 Å². The monoisotopic (exact) mass is 382 g/mol. The Kier molecular flexibility index (Phi) is 4.52. The summed E-state index contributed by atoms with van der Waals surface area (Å²) in [5.41, 5.74) is 1.21. The van der Waals surface area contributed by atoms with Gasteiger partial charge in [0.05, 0.1) is 24.5 Å². The molecule has 0 spiro atoms. The molecular weight excluding hydrogens is 369 g/mol. The molecule has 0 bridgehead atoms. The summed E-state index contributed by atoms with van der Waals surface area (Å²) in [4.78, 5) is 12.8. The fourth-order valence-electron chi connectivity index (χ4n) is 2.70. The number of rotatable bonds is 4. The highest BCUT2D eigenvalue weighted by atomic mass is 19.2. The molecule has 5 nitrogen and oxygen atoms in total. The van der Waals surface area contributed by atoms with Crippen molar-refractivity contribution in [3.8, 4) is 17.3 Å². The molecule has 0 fully saturated rings. The maximum absolute atomic E-state index is 13.7. The molecule has 8 heteroatoms. The Labute approximate surface area is 157 Å². The molecule has 2 heterocycles. The first-order valence-electron chi connectivity index (χ1n) is 8.24. The summed E-state index contributed by atoms with van der Waals surface area (Å²) in [6.07, 6.45) is 1.56. The summed E-state index contributed by atoms with van der Waals surface area (Å²) in [6, 6.07) is 12.3. The molecule has 2 aromatic heterocycles. The number of pyridine rings is 1. The van der Waals surface area contributed by atoms with E-state index in [1.165, 1.54) is 7.11 Å². The third kappa shape index (κ3) is 3.32. The van der Waals surface area contributed by atoms with Crippen LogP contribution in [0.25, 0.3) is 22.3 Å². The SMILES string of the molecule is COc1ccc(Nc2nc(-c3cc(F)c(F)c(F)c3)nc3ccccc23)cn1. The van der Waals surface area contributed by atoms with E-state index in [0.29, 0.717) is 28.3 Å². The maximum atomic E-state index is 13.7. The van der Waals surface area contributed by atoms with Crippen molar-refractivity contribution in [1.29, 1.82) is 0 Å². The number of anilines is 2. The number of fused-ring (bicyclic) bond motifs is 1. The molecule has 140 valence electrons. The van der Waals surface area contributed by atoms with Gasteiger partial charge in [-0.05, 0) is 30.3 Å². The van der Waals surface area contributed by atoms with Crippen LogP contribution in [0.5, 0.6) is 5.88 Å². The van der Waals surface area contributed by atoms with Crippen molar-refractivity contribution in [2.75, 3.05) is 12.4 Å². The Morgan fingerprint density at radius 2 is 1.68 bits per heavy atom. The second kappa shape index (κ2) is 7.15. The zero-order valence-electron chi connectivity index (χ0n) is 14.6. The summed E-state index contributed by atoms with van der Waals surface area (Å²) < 4.78 is 45.6. The molecule has 0 aliphatic heterocycles. The van der Waals surface area contributed by atoms with Crippen LogP contribution in [-0.4, -0.2) is 22.1 Å². The highest BCUT2D eigenvalue weighted by Gasteiger charge is 2.15. The lowest BCUT2D eigenvalue weighted by Crippen LogP contribution is -2.01. The predicted octanol–water partition coefficient (Wildman–Crippen LogP) is 4.86. The zero-order chi connectivity index (χ0) is 19.7. The van der Waals surface area contributed by atoms with Gasteiger partial charge < -0.3 is 10.1 Å². The number of benzene rings is 2. The van der Waals surface area contributed by atoms with Crippen molar-refractivity contribution in [3.63, 3.8) is 0 Å². The third-order valence-electron chi connectivity index (χ3n) is 4.05. The average Bonchev–Trinajstić information content (AvgIpc) is 2.72. The van der Waals surface area contributed by atoms with Crippen LogP contribution in [0.3, 0.4) is 0 Å². The molecule has 0 amide bonds. The number of para-hydroxylation sites is 1. The smallest absolute Gasteiger partial charge is 0.213 e. The standard InChI is InChI=1S/C20H13F3N4O/c1-28-17-7-6-12(10-24-17)25-20-13-4-2-3-5-16(13)26-19(27-20)11-8-14(21)18(23)15(22)9-11/h2-10H,1H3,(H,25,26,27). The summed E-state index contributed by atoms with van der Waals surface area (Å²) in [5, 5.41) is 3.82. The number of methoxy groups -OCH3 is 1. The van der Waals surface area contributed by atoms with E-state index in [1.807, 2.05) is 12.1 Å². The van der Waals surface area contributed by atoms with Crippen LogP contribution in [0.15, 0.2) is 54.7 Å². The van der Waals surface area contributed by atoms with Gasteiger partial charge in [-0.3, -0.25) is 0 Å². The molecule has 0 atom stereocenters. The maximum Gasteiger partial charge on any atom is 0.213 e. The third-order valence-corrected chi connectivity index (χ3v) is 4.05. The number of nitrogens with one attached hydrogen (secondary N) is 1. The van der Waals surface area contributed by atoms with E-state index in [2.05, 4.69) is 20.3 Å². The van der Waals surface area contributed by atoms with Crippen LogP contribution in [0.1, 0.15) is 0 Å². The van der Waals surface area contributed by atoms with Crippen molar-refractivity contribution in [3.05, 3.63) is 72.2 Å². The Bertz CT molecular complexity index is 1140. The molecule has 0 aliphatic carbocycles. The fourth-order valence-corrected chi connectivity index (χ4v) is 2.70. The van der Waals surface area contributed by atoms with Crippen LogP contribution in [0.4, 0.5) is 24.7 Å². The highest BCUT2D eigenvalue weighted by Crippen LogP contribution is 2.28. The Balaban J connectivity index is 1.83. The van der Waals surface area contributed by atoms with E-state index in [-0.39, 0.29) is 11.4 Å². The lowest BCUT2D eigenvalue weighted by molar-refractivity contribution is 0.398. The van der Waals surface area contributed by atoms with Gasteiger partial charge in [-0.15, -0.1) is 0 Å². The fraction of sp³-hybridized carbons (Fsp3) is 0.0500. The van der Waals surface area contributed by atoms with Crippen LogP contribution >= 0.6 is 0 Å². The predicted molar refractivity (Wildman–Crippen MR) is 98.9 cm³/mol. The second-order valence-electron chi connectivity index (χ2n) is 5.88. The largest absolute Gasteiger partial charge is 0.481 e. The zero-order valence-corrected chi connectivity index (χ0v) is 14.6. The normalized spacial score (nSPS) is 10.9. The topological polar surface area (TPSA) is 59.9 Å². The minimum Gasteiger partial charge on any atom is -0.481 e. The molecule has 0 unspecified atom stereocenters. The number of halogens is 3. The van der Waals surface area contributed by atoms with Crippen molar-refractivity contribution < 1.29 is 17.9 Å². The van der Waals surface area contributed by atoms with Gasteiger partial charge >= 0.3 is 0 Å². The van der Waals surface area contributed by atoms with E-state index in [4.69, 9.17) is 4.74 Å². The molecule has 4 aromatic rings. The van der Waals surface area contributed by atoms with Gasteiger partial charge in [-0.25, -0.2) is 28.1 Å². The first-order valence-corrected chi connectivity index (χ1v) is 8.24. The molecule has 0 aliphatic rings. The van der Waals surface area contributed by atoms with Gasteiger partial charge in [-0.1, -0.05) is 12.1 Å². The molecule has 2 aromatic carbocycles. The van der Waals surface area contributed by atoms with Gasteiger partial charge in [-0.2, -0.15) is 0 Å². The summed E-state index contributed by atoms with van der Waals surface area (Å²) in [7, 11) is 1.51. The lowest BCUT2D eigenvalue weighted by atomic mass is 10.1. The molecule has 0 saturated carbocycles. The first-order chi connectivity index (χ1) is 13.5. The number of hydrogen-bond donors (Lipinski definition) is 1. The van der Waals surface area contributed by atoms with Gasteiger partial charge in [0.1, 0.15) is 5.82 Å². The van der Waals surface area contributed by atoms with Crippen molar-refractivity contribution in [2.24, 2.45) is 0 Å². The molecular formula is C20H13F3N4O. The van der Waals surface area contributed by atoms with Crippen LogP contribution in [0.2, 0.25) is 0 Å². The van der Waals surface area contributed by atoms with Gasteiger partial charge in [0.25, 0.3) is 0 Å². The van der Waals surface area contributed by atoms with E-state index in [1.54, 1.807) is 30.5 Å². The molecule has 28 heavy (non-hydrogen) atoms. The Hall–Kier alpha value is -3.68. The molecule has 1 N–H and O–H groups in total. The lowest BCUT2D eigenvalue weighted by Gasteiger charge is -2.11. The molecule has 4 rings (SSSR count). The van der Waals surface area contributed by atoms with E-state index in [0.717, 1.165) is 12.1 Å². The number of ether oxygens (including phenoxy) is 1. The quantitative estimate of drug-likeness (QED) is 0.511. The van der Waals surface area contributed by atoms with Crippen LogP contribution in [-0.2, 0) is 0 Å². The molecule has 0 saturated heterocycles. The van der Waals surface area contributed by atoms with Gasteiger partial charge in [0, 0.05) is 17.0 Å². The number of aromatic nitrogens is 3. The minimum atomic E-state index is -1.54. The summed E-state index contributed by atoms with van der Waals surface area (Å²) >= 11 is 0. The summed E-state index contributed by atoms with van der Waals surface area (Å²) in [5.74, 6) is -3.22. The first kappa shape index (κ1) is 17.7.